The summed E-state index contributed by atoms with van der Waals surface area (Å²) in [6.07, 6.45) is 0. The fraction of sp³-hybridized carbons (Fsp3) is 0. The molecule has 360 valence electrons. The highest BCUT2D eigenvalue weighted by atomic mass is 15.2. The first-order chi connectivity index (χ1) is 38.8. The highest BCUT2D eigenvalue weighted by Crippen LogP contribution is 2.57. The fourth-order valence-corrected chi connectivity index (χ4v) is 14.6. The van der Waals surface area contributed by atoms with Crippen molar-refractivity contribution in [2.75, 3.05) is 29.4 Å². The maximum absolute atomic E-state index is 2.63. The minimum Gasteiger partial charge on any atom is -0.311 e. The van der Waals surface area contributed by atoms with Gasteiger partial charge in [-0.25, -0.2) is 0 Å². The van der Waals surface area contributed by atoms with Crippen LogP contribution in [-0.2, 0) is 0 Å². The quantitative estimate of drug-likeness (QED) is 0.154. The predicted octanol–water partition coefficient (Wildman–Crippen LogP) is 14.6. The summed E-state index contributed by atoms with van der Waals surface area (Å²) >= 11 is 0. The first-order valence-corrected chi connectivity index (χ1v) is 27.1. The molecule has 8 heteroatoms. The lowest BCUT2D eigenvalue weighted by Crippen LogP contribution is -2.65. The molecule has 6 aliphatic heterocycles. The molecule has 0 bridgehead atoms. The smallest absolute Gasteiger partial charge is 0.257 e. The van der Waals surface area contributed by atoms with E-state index in [1.54, 1.807) is 0 Å². The van der Waals surface area contributed by atoms with Crippen LogP contribution in [0.5, 0.6) is 0 Å². The maximum Gasteiger partial charge on any atom is 0.257 e. The lowest BCUT2D eigenvalue weighted by molar-refractivity contribution is 1.21. The molecule has 0 aliphatic carbocycles. The van der Waals surface area contributed by atoms with E-state index < -0.39 is 0 Å². The molecule has 0 atom stereocenters. The molecule has 0 saturated carbocycles. The third kappa shape index (κ3) is 5.43. The molecule has 0 radical (unpaired) electrons. The van der Waals surface area contributed by atoms with Gasteiger partial charge in [-0.2, -0.15) is 0 Å². The molecule has 0 fully saturated rings. The van der Waals surface area contributed by atoms with Crippen molar-refractivity contribution in [3.05, 3.63) is 267 Å². The Morgan fingerprint density at radius 3 is 0.667 bits per heavy atom. The van der Waals surface area contributed by atoms with Gasteiger partial charge in [0.05, 0.1) is 11.4 Å². The fourth-order valence-electron chi connectivity index (χ4n) is 14.6. The van der Waals surface area contributed by atoms with Crippen LogP contribution in [0.1, 0.15) is 0 Å². The van der Waals surface area contributed by atoms with Gasteiger partial charge >= 0.3 is 0 Å². The lowest BCUT2D eigenvalue weighted by atomic mass is 9.31. The molecule has 0 spiro atoms. The van der Waals surface area contributed by atoms with Crippen molar-refractivity contribution in [2.45, 2.75) is 0 Å². The van der Waals surface area contributed by atoms with Gasteiger partial charge in [0, 0.05) is 96.4 Å². The Morgan fingerprint density at radius 2 is 0.410 bits per heavy atom. The SMILES string of the molecule is c1ccc(N2c3cccc4c3B3c5c2cccc5N(c2ccccc2)c2c3c(cc3cc5c6c(c23)N(c2ccccc2)c2cccc3c2B6c2c(cccc2N5c2ccccc2)N3c2ccccc2)N4c2ccccc2)cc1. The Balaban J connectivity index is 1.05. The third-order valence-electron chi connectivity index (χ3n) is 17.3. The highest BCUT2D eigenvalue weighted by Gasteiger charge is 2.54. The average molecular weight is 991 g/mol. The lowest BCUT2D eigenvalue weighted by Gasteiger charge is -2.51. The van der Waals surface area contributed by atoms with Crippen molar-refractivity contribution in [2.24, 2.45) is 0 Å². The topological polar surface area (TPSA) is 19.4 Å². The Kier molecular flexibility index (Phi) is 8.47. The summed E-state index contributed by atoms with van der Waals surface area (Å²) in [6.45, 7) is -0.176. The molecule has 0 saturated heterocycles. The van der Waals surface area contributed by atoms with Crippen LogP contribution in [0, 0.1) is 0 Å². The normalized spacial score (nSPS) is 14.2. The van der Waals surface area contributed by atoms with Gasteiger partial charge in [-0.1, -0.05) is 133 Å². The Morgan fingerprint density at radius 1 is 0.192 bits per heavy atom. The zero-order chi connectivity index (χ0) is 50.7. The molecule has 78 heavy (non-hydrogen) atoms. The van der Waals surface area contributed by atoms with Crippen LogP contribution in [0.2, 0.25) is 0 Å². The Bertz CT molecular complexity index is 4160. The molecule has 6 aliphatic rings. The summed E-state index contributed by atoms with van der Waals surface area (Å²) in [4.78, 5) is 15.4. The van der Waals surface area contributed by atoms with E-state index in [9.17, 15) is 0 Å². The number of hydrogen-bond donors (Lipinski definition) is 0. The monoisotopic (exact) mass is 990 g/mol. The van der Waals surface area contributed by atoms with Crippen molar-refractivity contribution in [1.29, 1.82) is 0 Å². The molecule has 12 aromatic rings. The molecular weight excluding hydrogens is 946 g/mol. The molecule has 0 unspecified atom stereocenters. The number of hydrogen-bond acceptors (Lipinski definition) is 6. The second kappa shape index (κ2) is 15.7. The second-order valence-corrected chi connectivity index (χ2v) is 21.1. The van der Waals surface area contributed by atoms with E-state index in [1.807, 2.05) is 0 Å². The van der Waals surface area contributed by atoms with Gasteiger partial charge in [0.15, 0.2) is 0 Å². The van der Waals surface area contributed by atoms with Crippen LogP contribution in [0.15, 0.2) is 267 Å². The first-order valence-electron chi connectivity index (χ1n) is 27.1. The van der Waals surface area contributed by atoms with E-state index in [1.165, 1.54) is 112 Å². The van der Waals surface area contributed by atoms with Crippen LogP contribution in [0.3, 0.4) is 0 Å². The largest absolute Gasteiger partial charge is 0.311 e. The minimum atomic E-state index is -0.0881. The molecule has 0 aromatic heterocycles. The molecule has 6 heterocycles. The van der Waals surface area contributed by atoms with E-state index in [0.29, 0.717) is 0 Å². The van der Waals surface area contributed by atoms with Crippen LogP contribution in [0.4, 0.5) is 102 Å². The number of anilines is 18. The Hall–Kier alpha value is -10.2. The number of para-hydroxylation sites is 6. The van der Waals surface area contributed by atoms with Crippen LogP contribution >= 0.6 is 0 Å². The van der Waals surface area contributed by atoms with Gasteiger partial charge in [0.25, 0.3) is 13.4 Å². The minimum absolute atomic E-state index is 0.0881. The summed E-state index contributed by atoms with van der Waals surface area (Å²) < 4.78 is 0. The highest BCUT2D eigenvalue weighted by molar-refractivity contribution is 7.04. The van der Waals surface area contributed by atoms with Crippen molar-refractivity contribution < 1.29 is 0 Å². The predicted molar refractivity (Wildman–Crippen MR) is 328 cm³/mol. The summed E-state index contributed by atoms with van der Waals surface area (Å²) in [5.74, 6) is 0. The van der Waals surface area contributed by atoms with E-state index in [4.69, 9.17) is 0 Å². The average Bonchev–Trinajstić information content (AvgIpc) is 2.23. The van der Waals surface area contributed by atoms with Crippen molar-refractivity contribution in [3.63, 3.8) is 0 Å². The second-order valence-electron chi connectivity index (χ2n) is 21.1. The van der Waals surface area contributed by atoms with Gasteiger partial charge in [0.2, 0.25) is 0 Å². The van der Waals surface area contributed by atoms with Gasteiger partial charge in [-0.05, 0) is 172 Å². The zero-order valence-electron chi connectivity index (χ0n) is 42.2. The summed E-state index contributed by atoms with van der Waals surface area (Å²) in [7, 11) is 0. The van der Waals surface area contributed by atoms with Crippen molar-refractivity contribution >= 4 is 159 Å². The van der Waals surface area contributed by atoms with Crippen molar-refractivity contribution in [1.82, 2.24) is 0 Å². The van der Waals surface area contributed by atoms with E-state index >= 15 is 0 Å². The summed E-state index contributed by atoms with van der Waals surface area (Å²) in [5.41, 5.74) is 29.0. The van der Waals surface area contributed by atoms with Gasteiger partial charge in [0.1, 0.15) is 0 Å². The third-order valence-corrected chi connectivity index (χ3v) is 17.3. The molecule has 12 aromatic carbocycles. The number of rotatable bonds is 6. The molecule has 0 amide bonds. The Labute approximate surface area is 453 Å². The molecule has 0 N–H and O–H groups in total. The molecule has 18 rings (SSSR count). The number of nitrogens with zero attached hydrogens (tertiary/aromatic N) is 6. The molecule has 6 nitrogen and oxygen atoms in total. The zero-order valence-corrected chi connectivity index (χ0v) is 42.2. The van der Waals surface area contributed by atoms with Crippen molar-refractivity contribution in [3.8, 4) is 0 Å². The van der Waals surface area contributed by atoms with Gasteiger partial charge < -0.3 is 29.4 Å². The standard InChI is InChI=1S/C70H44B2N6/c1-7-23-46(24-8-1)73-52-35-19-39-56-63(52)71-65-54(73)37-21-41-58(65)77(50-31-15-5-16-32-50)69-62-45(43-60(67(69)71)75(56)48-27-11-3-12-28-48)44-61-68-70(62)78(51-33-17-6-18-34-51)59-42-22-38-55-66(59)72(68)64-53(74(55)47-25-9-2-10-26-47)36-20-40-57(64)76(61)49-29-13-4-14-30-49/h1-44H. The van der Waals surface area contributed by atoms with Crippen LogP contribution in [-0.4, -0.2) is 13.4 Å². The number of benzene rings is 12. The van der Waals surface area contributed by atoms with Gasteiger partial charge in [-0.15, -0.1) is 0 Å². The maximum atomic E-state index is 2.63. The van der Waals surface area contributed by atoms with E-state index in [2.05, 4.69) is 296 Å². The molecular formula is C70H44B2N6. The summed E-state index contributed by atoms with van der Waals surface area (Å²) in [5, 5.41) is 2.40. The number of fused-ring (bicyclic) bond motifs is 3. The summed E-state index contributed by atoms with van der Waals surface area (Å²) in [6, 6.07) is 99.4. The van der Waals surface area contributed by atoms with Gasteiger partial charge in [-0.3, -0.25) is 0 Å². The van der Waals surface area contributed by atoms with E-state index in [0.717, 1.165) is 34.1 Å². The first kappa shape index (κ1) is 42.1. The van der Waals surface area contributed by atoms with E-state index in [-0.39, 0.29) is 13.4 Å². The van der Waals surface area contributed by atoms with Crippen LogP contribution in [0.25, 0.3) is 10.8 Å². The van der Waals surface area contributed by atoms with Crippen LogP contribution < -0.4 is 62.2 Å².